The fraction of sp³-hybridized carbons (Fsp3) is 0.333. The summed E-state index contributed by atoms with van der Waals surface area (Å²) in [5, 5.41) is 8.19. The molecular weight excluding hydrogens is 365 g/mol. The average Bonchev–Trinajstić information content (AvgIpc) is 3.54. The van der Waals surface area contributed by atoms with Crippen molar-refractivity contribution in [2.24, 2.45) is 5.92 Å². The van der Waals surface area contributed by atoms with E-state index in [-0.39, 0.29) is 23.8 Å². The van der Waals surface area contributed by atoms with E-state index in [4.69, 9.17) is 0 Å². The van der Waals surface area contributed by atoms with E-state index in [1.807, 2.05) is 30.3 Å². The van der Waals surface area contributed by atoms with E-state index in [1.54, 1.807) is 24.5 Å². The topological polar surface area (TPSA) is 54.0 Å². The number of rotatable bonds is 4. The number of amides is 2. The highest BCUT2D eigenvalue weighted by atomic mass is 19.1. The molecule has 2 amide bonds. The number of hydrogen-bond donors (Lipinski definition) is 2. The Morgan fingerprint density at radius 3 is 2.90 bits per heavy atom. The number of carbonyl (C=O) groups excluding carboxylic acids is 1. The molecule has 5 heteroatoms. The van der Waals surface area contributed by atoms with E-state index < -0.39 is 0 Å². The van der Waals surface area contributed by atoms with E-state index in [2.05, 4.69) is 15.6 Å². The Hall–Kier alpha value is -2.95. The van der Waals surface area contributed by atoms with Gasteiger partial charge >= 0.3 is 6.03 Å². The number of anilines is 1. The summed E-state index contributed by atoms with van der Waals surface area (Å²) in [5.41, 5.74) is 3.07. The van der Waals surface area contributed by atoms with Crippen LogP contribution in [0.1, 0.15) is 42.7 Å². The molecule has 1 saturated carbocycles. The second kappa shape index (κ2) is 7.47. The van der Waals surface area contributed by atoms with E-state index >= 15 is 0 Å². The van der Waals surface area contributed by atoms with Crippen molar-refractivity contribution in [3.05, 3.63) is 71.8 Å². The highest BCUT2D eigenvalue weighted by Gasteiger charge is 2.35. The Morgan fingerprint density at radius 1 is 1.14 bits per heavy atom. The van der Waals surface area contributed by atoms with Gasteiger partial charge in [-0.15, -0.1) is 0 Å². The van der Waals surface area contributed by atoms with E-state index in [1.165, 1.54) is 18.4 Å². The lowest BCUT2D eigenvalue weighted by atomic mass is 9.76. The van der Waals surface area contributed by atoms with Crippen LogP contribution in [-0.4, -0.2) is 17.1 Å². The number of urea groups is 1. The molecule has 148 valence electrons. The lowest BCUT2D eigenvalue weighted by molar-refractivity contribution is 0.243. The standard InChI is InChI=1S/C24H24FN3O/c25-18-7-8-19-16(13-18)6-9-23(21(19)12-15-4-5-15)28-24(29)27-22-3-1-2-17-14-26-11-10-20(17)22/h1-3,7-8,10-11,13-15,21,23H,4-6,9,12H2,(H2,27,28,29)/t21-,23+/m1/s1. The van der Waals surface area contributed by atoms with Gasteiger partial charge in [0.1, 0.15) is 5.82 Å². The summed E-state index contributed by atoms with van der Waals surface area (Å²) in [7, 11) is 0. The van der Waals surface area contributed by atoms with Crippen molar-refractivity contribution in [2.45, 2.75) is 44.1 Å². The number of aromatic nitrogens is 1. The second-order valence-corrected chi connectivity index (χ2v) is 8.27. The Balaban J connectivity index is 1.35. The molecule has 3 aromatic rings. The van der Waals surface area contributed by atoms with Gasteiger partial charge in [-0.1, -0.05) is 31.0 Å². The SMILES string of the molecule is O=C(Nc1cccc2cnccc12)N[C@H]1CCc2cc(F)ccc2[C@H]1CC1CC1. The first-order valence-electron chi connectivity index (χ1n) is 10.4. The predicted octanol–water partition coefficient (Wildman–Crippen LogP) is 5.39. The van der Waals surface area contributed by atoms with Crippen LogP contribution >= 0.6 is 0 Å². The van der Waals surface area contributed by atoms with Crippen molar-refractivity contribution in [3.63, 3.8) is 0 Å². The molecule has 0 unspecified atom stereocenters. The summed E-state index contributed by atoms with van der Waals surface area (Å²) in [6.07, 6.45) is 8.73. The molecule has 0 aliphatic heterocycles. The molecule has 0 bridgehead atoms. The van der Waals surface area contributed by atoms with Crippen molar-refractivity contribution in [1.29, 1.82) is 0 Å². The van der Waals surface area contributed by atoms with Crippen molar-refractivity contribution in [2.75, 3.05) is 5.32 Å². The number of pyridine rings is 1. The number of halogens is 1. The van der Waals surface area contributed by atoms with Gasteiger partial charge in [0.15, 0.2) is 0 Å². The van der Waals surface area contributed by atoms with Crippen molar-refractivity contribution in [3.8, 4) is 0 Å². The maximum absolute atomic E-state index is 13.7. The zero-order valence-electron chi connectivity index (χ0n) is 16.2. The first-order chi connectivity index (χ1) is 14.2. The van der Waals surface area contributed by atoms with Crippen LogP contribution in [-0.2, 0) is 6.42 Å². The molecule has 1 aromatic heterocycles. The number of nitrogens with one attached hydrogen (secondary N) is 2. The Labute approximate surface area is 169 Å². The van der Waals surface area contributed by atoms with Crippen LogP contribution in [0.5, 0.6) is 0 Å². The lowest BCUT2D eigenvalue weighted by Gasteiger charge is -2.34. The van der Waals surface area contributed by atoms with Crippen LogP contribution in [0.15, 0.2) is 54.9 Å². The summed E-state index contributed by atoms with van der Waals surface area (Å²) >= 11 is 0. The van der Waals surface area contributed by atoms with Crippen LogP contribution in [0.2, 0.25) is 0 Å². The fourth-order valence-corrected chi connectivity index (χ4v) is 4.62. The summed E-state index contributed by atoms with van der Waals surface area (Å²) < 4.78 is 13.7. The van der Waals surface area contributed by atoms with Gasteiger partial charge in [0, 0.05) is 35.1 Å². The molecule has 5 rings (SSSR count). The van der Waals surface area contributed by atoms with Crippen LogP contribution in [0, 0.1) is 11.7 Å². The van der Waals surface area contributed by atoms with Gasteiger partial charge in [0.2, 0.25) is 0 Å². The minimum absolute atomic E-state index is 0.0604. The molecule has 1 fully saturated rings. The number of fused-ring (bicyclic) bond motifs is 2. The minimum Gasteiger partial charge on any atom is -0.335 e. The number of aryl methyl sites for hydroxylation is 1. The highest BCUT2D eigenvalue weighted by Crippen LogP contribution is 2.43. The van der Waals surface area contributed by atoms with Crippen molar-refractivity contribution >= 4 is 22.5 Å². The van der Waals surface area contributed by atoms with Gasteiger partial charge in [0.05, 0.1) is 5.69 Å². The molecule has 2 atom stereocenters. The van der Waals surface area contributed by atoms with Crippen LogP contribution < -0.4 is 10.6 Å². The van der Waals surface area contributed by atoms with Gasteiger partial charge in [-0.25, -0.2) is 9.18 Å². The molecule has 0 radical (unpaired) electrons. The number of nitrogens with zero attached hydrogens (tertiary/aromatic N) is 1. The zero-order valence-corrected chi connectivity index (χ0v) is 16.2. The molecule has 2 aliphatic carbocycles. The van der Waals surface area contributed by atoms with Crippen molar-refractivity contribution < 1.29 is 9.18 Å². The molecule has 29 heavy (non-hydrogen) atoms. The number of hydrogen-bond acceptors (Lipinski definition) is 2. The summed E-state index contributed by atoms with van der Waals surface area (Å²) in [4.78, 5) is 17.0. The molecule has 0 spiro atoms. The maximum Gasteiger partial charge on any atom is 0.319 e. The molecule has 0 saturated heterocycles. The Kier molecular flexibility index (Phi) is 4.66. The molecular formula is C24H24FN3O. The Morgan fingerprint density at radius 2 is 2.03 bits per heavy atom. The predicted molar refractivity (Wildman–Crippen MR) is 112 cm³/mol. The summed E-state index contributed by atoms with van der Waals surface area (Å²) in [6, 6.07) is 12.7. The Bertz CT molecular complexity index is 1060. The largest absolute Gasteiger partial charge is 0.335 e. The smallest absolute Gasteiger partial charge is 0.319 e. The average molecular weight is 389 g/mol. The normalized spacial score (nSPS) is 20.9. The lowest BCUT2D eigenvalue weighted by Crippen LogP contribution is -2.44. The highest BCUT2D eigenvalue weighted by molar-refractivity contribution is 6.01. The monoisotopic (exact) mass is 389 g/mol. The number of benzene rings is 2. The fourth-order valence-electron chi connectivity index (χ4n) is 4.62. The summed E-state index contributed by atoms with van der Waals surface area (Å²) in [6.45, 7) is 0. The van der Waals surface area contributed by atoms with Crippen LogP contribution in [0.25, 0.3) is 10.8 Å². The van der Waals surface area contributed by atoms with Gasteiger partial charge in [-0.2, -0.15) is 0 Å². The van der Waals surface area contributed by atoms with E-state index in [9.17, 15) is 9.18 Å². The molecule has 2 N–H and O–H groups in total. The maximum atomic E-state index is 13.7. The first-order valence-corrected chi connectivity index (χ1v) is 10.4. The number of carbonyl (C=O) groups is 1. The molecule has 2 aromatic carbocycles. The van der Waals surface area contributed by atoms with Gasteiger partial charge in [0.25, 0.3) is 0 Å². The third kappa shape index (κ3) is 3.82. The first kappa shape index (κ1) is 18.1. The third-order valence-electron chi connectivity index (χ3n) is 6.24. The quantitative estimate of drug-likeness (QED) is 0.628. The molecule has 2 aliphatic rings. The van der Waals surface area contributed by atoms with Gasteiger partial charge in [-0.3, -0.25) is 4.98 Å². The van der Waals surface area contributed by atoms with E-state index in [0.29, 0.717) is 0 Å². The summed E-state index contributed by atoms with van der Waals surface area (Å²) in [5.74, 6) is 0.798. The minimum atomic E-state index is -0.189. The second-order valence-electron chi connectivity index (χ2n) is 8.27. The molecule has 4 nitrogen and oxygen atoms in total. The van der Waals surface area contributed by atoms with Gasteiger partial charge in [-0.05, 0) is 60.6 Å². The third-order valence-corrected chi connectivity index (χ3v) is 6.24. The van der Waals surface area contributed by atoms with Crippen LogP contribution in [0.4, 0.5) is 14.9 Å². The molecule has 1 heterocycles. The van der Waals surface area contributed by atoms with E-state index in [0.717, 1.165) is 47.2 Å². The van der Waals surface area contributed by atoms with Crippen molar-refractivity contribution in [1.82, 2.24) is 10.3 Å². The van der Waals surface area contributed by atoms with Crippen LogP contribution in [0.3, 0.4) is 0 Å². The zero-order chi connectivity index (χ0) is 19.8. The van der Waals surface area contributed by atoms with Gasteiger partial charge < -0.3 is 10.6 Å².